The van der Waals surface area contributed by atoms with Crippen LogP contribution >= 0.6 is 0 Å². The normalized spacial score (nSPS) is 12.9. The van der Waals surface area contributed by atoms with E-state index in [4.69, 9.17) is 0 Å². The second-order valence-corrected chi connectivity index (χ2v) is 12.3. The Labute approximate surface area is 65.4 Å². The molecule has 0 saturated heterocycles. The molecule has 0 rings (SSSR count). The Hall–Kier alpha value is -0.197. The first kappa shape index (κ1) is 10.8. The van der Waals surface area contributed by atoms with Crippen molar-refractivity contribution >= 4 is 19.6 Å². The molecule has 0 aromatic heterocycles. The average Bonchev–Trinajstić information content (AvgIpc) is 1.56. The summed E-state index contributed by atoms with van der Waals surface area (Å²) in [5, 5.41) is 0. The summed E-state index contributed by atoms with van der Waals surface area (Å²) in [6.07, 6.45) is -4.85. The molecule has 0 aliphatic rings. The molecule has 0 N–H and O–H groups in total. The van der Waals surface area contributed by atoms with Gasteiger partial charge in [-0.3, -0.25) is 0 Å². The first-order chi connectivity index (χ1) is 4.63. The number of hydrogen-bond acceptors (Lipinski definition) is 2. The van der Waals surface area contributed by atoms with Crippen molar-refractivity contribution in [3.8, 4) is 0 Å². The number of alkyl halides is 3. The predicted octanol–water partition coefficient (Wildman–Crippen LogP) is 1.93. The molecule has 0 aliphatic carbocycles. The van der Waals surface area contributed by atoms with Crippen LogP contribution in [0.15, 0.2) is 0 Å². The number of halogens is 3. The molecule has 0 aliphatic heterocycles. The van der Waals surface area contributed by atoms with E-state index in [1.807, 2.05) is 0 Å². The van der Waals surface area contributed by atoms with Crippen LogP contribution in [0.3, 0.4) is 0 Å². The molecule has 0 fully saturated rings. The SMILES string of the molecule is [CH3][Ge]([CH3])([CH3])[O]C(=O)C(F)(F)F. The van der Waals surface area contributed by atoms with Gasteiger partial charge < -0.3 is 0 Å². The van der Waals surface area contributed by atoms with Crippen molar-refractivity contribution in [1.82, 2.24) is 0 Å². The van der Waals surface area contributed by atoms with Crippen LogP contribution in [0, 0.1) is 0 Å². The van der Waals surface area contributed by atoms with Crippen LogP contribution in [0.2, 0.25) is 17.3 Å². The van der Waals surface area contributed by atoms with Gasteiger partial charge in [0.05, 0.1) is 0 Å². The van der Waals surface area contributed by atoms with Gasteiger partial charge in [-0.15, -0.1) is 0 Å². The molecule has 0 atom stereocenters. The van der Waals surface area contributed by atoms with Gasteiger partial charge in [-0.05, 0) is 0 Å². The third-order valence-corrected chi connectivity index (χ3v) is 2.30. The van der Waals surface area contributed by atoms with Gasteiger partial charge in [0.15, 0.2) is 0 Å². The molecule has 0 aromatic carbocycles. The van der Waals surface area contributed by atoms with Crippen molar-refractivity contribution in [2.75, 3.05) is 0 Å². The summed E-state index contributed by atoms with van der Waals surface area (Å²) in [5.74, 6) is 2.61. The van der Waals surface area contributed by atoms with Gasteiger partial charge in [-0.2, -0.15) is 0 Å². The fourth-order valence-electron chi connectivity index (χ4n) is 0.336. The minimum atomic E-state index is -4.85. The van der Waals surface area contributed by atoms with Crippen molar-refractivity contribution in [3.05, 3.63) is 0 Å². The van der Waals surface area contributed by atoms with Crippen LogP contribution in [0.1, 0.15) is 0 Å². The molecule has 0 aromatic rings. The topological polar surface area (TPSA) is 26.3 Å². The molecule has 11 heavy (non-hydrogen) atoms. The van der Waals surface area contributed by atoms with E-state index in [9.17, 15) is 18.0 Å². The molecular formula is C5H9F3GeO2. The number of carbonyl (C=O) groups excluding carboxylic acids is 1. The van der Waals surface area contributed by atoms with Crippen LogP contribution in [0.5, 0.6) is 0 Å². The maximum atomic E-state index is 11.5. The van der Waals surface area contributed by atoms with Gasteiger partial charge in [0.1, 0.15) is 0 Å². The molecule has 66 valence electrons. The van der Waals surface area contributed by atoms with Crippen molar-refractivity contribution in [1.29, 1.82) is 0 Å². The van der Waals surface area contributed by atoms with E-state index < -0.39 is 25.7 Å². The third-order valence-electron chi connectivity index (χ3n) is 0.630. The van der Waals surface area contributed by atoms with E-state index in [0.29, 0.717) is 0 Å². The molecule has 0 bridgehead atoms. The Morgan fingerprint density at radius 2 is 1.64 bits per heavy atom. The Kier molecular flexibility index (Phi) is 2.99. The van der Waals surface area contributed by atoms with Crippen LogP contribution in [-0.2, 0) is 8.56 Å². The van der Waals surface area contributed by atoms with Crippen LogP contribution < -0.4 is 0 Å². The summed E-state index contributed by atoms with van der Waals surface area (Å²) in [5.41, 5.74) is 0. The summed E-state index contributed by atoms with van der Waals surface area (Å²) >= 11 is -2.86. The Bertz CT molecular complexity index is 158. The van der Waals surface area contributed by atoms with Crippen molar-refractivity contribution in [2.24, 2.45) is 0 Å². The predicted molar refractivity (Wildman–Crippen MR) is 35.5 cm³/mol. The molecule has 0 radical (unpaired) electrons. The second kappa shape index (κ2) is 3.04. The molecule has 0 spiro atoms. The molecule has 0 heterocycles. The number of rotatable bonds is 1. The molecule has 0 saturated carbocycles. The van der Waals surface area contributed by atoms with Crippen LogP contribution in [0.4, 0.5) is 13.2 Å². The molecule has 6 heteroatoms. The number of hydrogen-bond donors (Lipinski definition) is 0. The second-order valence-electron chi connectivity index (χ2n) is 3.00. The molecule has 2 nitrogen and oxygen atoms in total. The van der Waals surface area contributed by atoms with Gasteiger partial charge in [0.2, 0.25) is 0 Å². The number of carbonyl (C=O) groups is 1. The summed E-state index contributed by atoms with van der Waals surface area (Å²) in [6.45, 7) is 0. The van der Waals surface area contributed by atoms with Crippen molar-refractivity contribution in [2.45, 2.75) is 23.4 Å². The maximum absolute atomic E-state index is 11.5. The zero-order valence-corrected chi connectivity index (χ0v) is 8.55. The third kappa shape index (κ3) is 5.11. The van der Waals surface area contributed by atoms with Crippen molar-refractivity contribution < 1.29 is 21.7 Å². The fraction of sp³-hybridized carbons (Fsp3) is 0.800. The average molecular weight is 231 g/mol. The van der Waals surface area contributed by atoms with E-state index in [-0.39, 0.29) is 0 Å². The zero-order chi connectivity index (χ0) is 9.28. The van der Waals surface area contributed by atoms with E-state index >= 15 is 0 Å². The first-order valence-electron chi connectivity index (χ1n) is 2.93. The summed E-state index contributed by atoms with van der Waals surface area (Å²) < 4.78 is 38.8. The van der Waals surface area contributed by atoms with Crippen LogP contribution in [0.25, 0.3) is 0 Å². The molecular weight excluding hydrogens is 222 g/mol. The quantitative estimate of drug-likeness (QED) is 0.644. The minimum absolute atomic E-state index is 1.56. The first-order valence-corrected chi connectivity index (χ1v) is 10.1. The Morgan fingerprint density at radius 3 is 1.73 bits per heavy atom. The summed E-state index contributed by atoms with van der Waals surface area (Å²) in [4.78, 5) is 10.2. The van der Waals surface area contributed by atoms with Crippen LogP contribution in [-0.4, -0.2) is 25.7 Å². The fourth-order valence-corrected chi connectivity index (χ4v) is 1.75. The molecule has 0 unspecified atom stereocenters. The van der Waals surface area contributed by atoms with Gasteiger partial charge in [-0.25, -0.2) is 0 Å². The van der Waals surface area contributed by atoms with Gasteiger partial charge in [0, 0.05) is 0 Å². The van der Waals surface area contributed by atoms with Gasteiger partial charge in [0.25, 0.3) is 0 Å². The zero-order valence-electron chi connectivity index (χ0n) is 6.45. The molecule has 0 amide bonds. The standard InChI is InChI=1S/C5H9F3GeO2/c1-9(2,3)11-4(10)5(6,7)8/h1-3H3. The Morgan fingerprint density at radius 1 is 1.27 bits per heavy atom. The monoisotopic (exact) mass is 232 g/mol. The van der Waals surface area contributed by atoms with E-state index in [2.05, 4.69) is 3.76 Å². The van der Waals surface area contributed by atoms with E-state index in [1.54, 1.807) is 17.3 Å². The Balaban J connectivity index is 4.11. The summed E-state index contributed by atoms with van der Waals surface area (Å²) in [7, 11) is 0. The van der Waals surface area contributed by atoms with E-state index in [1.165, 1.54) is 0 Å². The van der Waals surface area contributed by atoms with Crippen molar-refractivity contribution in [3.63, 3.8) is 0 Å². The van der Waals surface area contributed by atoms with Gasteiger partial charge in [-0.1, -0.05) is 0 Å². The summed E-state index contributed by atoms with van der Waals surface area (Å²) in [6, 6.07) is 0. The van der Waals surface area contributed by atoms with E-state index in [0.717, 1.165) is 0 Å². The van der Waals surface area contributed by atoms with Gasteiger partial charge >= 0.3 is 64.7 Å².